The van der Waals surface area contributed by atoms with Crippen molar-refractivity contribution >= 4 is 17.4 Å². The van der Waals surface area contributed by atoms with Crippen LogP contribution in [-0.2, 0) is 10.8 Å². The summed E-state index contributed by atoms with van der Waals surface area (Å²) in [7, 11) is 2.01. The molecule has 2 heterocycles. The first-order valence-electron chi connectivity index (χ1n) is 10.3. The second-order valence-corrected chi connectivity index (χ2v) is 11.1. The lowest BCUT2D eigenvalue weighted by Crippen LogP contribution is -2.48. The van der Waals surface area contributed by atoms with Gasteiger partial charge in [0.25, 0.3) is 0 Å². The smallest absolute Gasteiger partial charge is 0.407 e. The molecule has 1 fully saturated rings. The van der Waals surface area contributed by atoms with Crippen LogP contribution in [0.2, 0.25) is 0 Å². The summed E-state index contributed by atoms with van der Waals surface area (Å²) in [6, 6.07) is 3.78. The first kappa shape index (κ1) is 22.6. The summed E-state index contributed by atoms with van der Waals surface area (Å²) in [5, 5.41) is 23.4. The van der Waals surface area contributed by atoms with Crippen LogP contribution in [0.4, 0.5) is 4.79 Å². The highest BCUT2D eigenvalue weighted by Crippen LogP contribution is 2.42. The summed E-state index contributed by atoms with van der Waals surface area (Å²) in [6.07, 6.45) is -0.903. The lowest BCUT2D eigenvalue weighted by atomic mass is 9.78. The average Bonchev–Trinajstić information content (AvgIpc) is 3.09. The van der Waals surface area contributed by atoms with Gasteiger partial charge in [-0.2, -0.15) is 0 Å². The van der Waals surface area contributed by atoms with Crippen LogP contribution in [0, 0.1) is 0 Å². The predicted octanol–water partition coefficient (Wildman–Crippen LogP) is 5.08. The highest BCUT2D eigenvalue weighted by molar-refractivity contribution is 7.10. The van der Waals surface area contributed by atoms with Crippen LogP contribution < -0.4 is 0 Å². The number of aromatic hydroxyl groups is 1. The van der Waals surface area contributed by atoms with Gasteiger partial charge < -0.3 is 15.1 Å². The maximum atomic E-state index is 11.7. The number of carboxylic acid groups (broad SMARTS) is 1. The number of benzene rings is 1. The molecular formula is C23H33N3O3S. The predicted molar refractivity (Wildman–Crippen MR) is 122 cm³/mol. The van der Waals surface area contributed by atoms with Crippen LogP contribution in [0.5, 0.6) is 5.75 Å². The number of nitrogens with zero attached hydrogens (tertiary/aromatic N) is 3. The molecule has 6 nitrogen and oxygen atoms in total. The van der Waals surface area contributed by atoms with E-state index in [2.05, 4.69) is 46.4 Å². The standard InChI is InChI=1S/C23H33N3O3S/c1-22(2,3)15-10-14(11-16(19(15)27)23(4,5)6)17-13-30-20(24-17)18-12-25(7)8-9-26(18)21(28)29/h10-11,13,18,27H,8-9,12H2,1-7H3,(H,28,29). The molecule has 0 radical (unpaired) electrons. The number of thiazole rings is 1. The maximum Gasteiger partial charge on any atom is 0.407 e. The number of aromatic nitrogens is 1. The molecular weight excluding hydrogens is 398 g/mol. The highest BCUT2D eigenvalue weighted by atomic mass is 32.1. The molecule has 0 spiro atoms. The molecule has 1 unspecified atom stereocenters. The largest absolute Gasteiger partial charge is 0.507 e. The number of phenolic OH excluding ortho intramolecular Hbond substituents is 1. The van der Waals surface area contributed by atoms with Crippen molar-refractivity contribution in [1.82, 2.24) is 14.8 Å². The number of hydrogen-bond donors (Lipinski definition) is 2. The quantitative estimate of drug-likeness (QED) is 0.694. The Morgan fingerprint density at radius 1 is 1.10 bits per heavy atom. The van der Waals surface area contributed by atoms with E-state index in [9.17, 15) is 15.0 Å². The molecule has 0 aliphatic carbocycles. The van der Waals surface area contributed by atoms with Gasteiger partial charge >= 0.3 is 6.09 Å². The lowest BCUT2D eigenvalue weighted by Gasteiger charge is -2.37. The van der Waals surface area contributed by atoms with Gasteiger partial charge in [0.05, 0.1) is 11.7 Å². The van der Waals surface area contributed by atoms with Gasteiger partial charge in [-0.3, -0.25) is 4.90 Å². The number of hydrogen-bond acceptors (Lipinski definition) is 5. The molecule has 1 amide bonds. The van der Waals surface area contributed by atoms with Gasteiger partial charge in [0, 0.05) is 41.7 Å². The van der Waals surface area contributed by atoms with Gasteiger partial charge in [-0.15, -0.1) is 11.3 Å². The van der Waals surface area contributed by atoms with Crippen molar-refractivity contribution in [3.8, 4) is 17.0 Å². The van der Waals surface area contributed by atoms with E-state index < -0.39 is 6.09 Å². The van der Waals surface area contributed by atoms with Crippen molar-refractivity contribution in [2.45, 2.75) is 58.4 Å². The van der Waals surface area contributed by atoms with Crippen LogP contribution in [0.25, 0.3) is 11.3 Å². The van der Waals surface area contributed by atoms with E-state index in [4.69, 9.17) is 4.98 Å². The van der Waals surface area contributed by atoms with E-state index in [0.29, 0.717) is 18.8 Å². The van der Waals surface area contributed by atoms with Crippen molar-refractivity contribution in [2.24, 2.45) is 0 Å². The first-order valence-corrected chi connectivity index (χ1v) is 11.2. The molecule has 7 heteroatoms. The van der Waals surface area contributed by atoms with Crippen LogP contribution in [0.3, 0.4) is 0 Å². The van der Waals surface area contributed by atoms with Gasteiger partial charge in [0.1, 0.15) is 10.8 Å². The van der Waals surface area contributed by atoms with E-state index in [0.717, 1.165) is 33.9 Å². The Hall–Kier alpha value is -2.12. The summed E-state index contributed by atoms with van der Waals surface area (Å²) in [4.78, 5) is 20.2. The zero-order valence-corrected chi connectivity index (χ0v) is 19.8. The molecule has 0 saturated carbocycles. The zero-order valence-electron chi connectivity index (χ0n) is 19.0. The molecule has 30 heavy (non-hydrogen) atoms. The molecule has 1 aromatic heterocycles. The minimum Gasteiger partial charge on any atom is -0.507 e. The average molecular weight is 432 g/mol. The van der Waals surface area contributed by atoms with Gasteiger partial charge in [-0.1, -0.05) is 41.5 Å². The topological polar surface area (TPSA) is 76.9 Å². The van der Waals surface area contributed by atoms with Gasteiger partial charge in [-0.25, -0.2) is 9.78 Å². The molecule has 1 aliphatic rings. The molecule has 0 bridgehead atoms. The van der Waals surface area contributed by atoms with Crippen molar-refractivity contribution in [3.63, 3.8) is 0 Å². The van der Waals surface area contributed by atoms with Crippen molar-refractivity contribution < 1.29 is 15.0 Å². The van der Waals surface area contributed by atoms with E-state index in [-0.39, 0.29) is 16.9 Å². The number of rotatable bonds is 2. The van der Waals surface area contributed by atoms with Crippen LogP contribution >= 0.6 is 11.3 Å². The van der Waals surface area contributed by atoms with Crippen molar-refractivity contribution in [2.75, 3.05) is 26.7 Å². The van der Waals surface area contributed by atoms with Gasteiger partial charge in [-0.05, 0) is 30.0 Å². The highest BCUT2D eigenvalue weighted by Gasteiger charge is 2.33. The van der Waals surface area contributed by atoms with Gasteiger partial charge in [0.15, 0.2) is 0 Å². The van der Waals surface area contributed by atoms with Gasteiger partial charge in [0.2, 0.25) is 0 Å². The molecule has 2 aromatic rings. The Balaban J connectivity index is 2.07. The number of phenols is 1. The monoisotopic (exact) mass is 431 g/mol. The third-order valence-electron chi connectivity index (χ3n) is 5.66. The minimum atomic E-state index is -0.903. The number of amides is 1. The second-order valence-electron chi connectivity index (χ2n) is 10.2. The fourth-order valence-corrected chi connectivity index (χ4v) is 4.79. The molecule has 1 atom stereocenters. The lowest BCUT2D eigenvalue weighted by molar-refractivity contribution is 0.0774. The van der Waals surface area contributed by atoms with Crippen LogP contribution in [-0.4, -0.2) is 57.8 Å². The maximum absolute atomic E-state index is 11.7. The summed E-state index contributed by atoms with van der Waals surface area (Å²) in [5.74, 6) is 0.347. The summed E-state index contributed by atoms with van der Waals surface area (Å²) >= 11 is 1.50. The number of piperazine rings is 1. The summed E-state index contributed by atoms with van der Waals surface area (Å²) < 4.78 is 0. The SMILES string of the molecule is CN1CCN(C(=O)O)C(c2nc(-c3cc(C(C)(C)C)c(O)c(C(C)(C)C)c3)cs2)C1. The van der Waals surface area contributed by atoms with E-state index >= 15 is 0 Å². The summed E-state index contributed by atoms with van der Waals surface area (Å²) in [5.41, 5.74) is 3.13. The molecule has 1 aliphatic heterocycles. The Morgan fingerprint density at radius 2 is 1.67 bits per heavy atom. The zero-order chi connectivity index (χ0) is 22.4. The molecule has 164 valence electrons. The third kappa shape index (κ3) is 4.47. The van der Waals surface area contributed by atoms with Crippen LogP contribution in [0.1, 0.15) is 63.7 Å². The summed E-state index contributed by atoms with van der Waals surface area (Å²) in [6.45, 7) is 14.4. The normalized spacial score (nSPS) is 18.6. The Kier molecular flexibility index (Phi) is 5.91. The fraction of sp³-hybridized carbons (Fsp3) is 0.565. The van der Waals surface area contributed by atoms with Crippen molar-refractivity contribution in [1.29, 1.82) is 0 Å². The minimum absolute atomic E-state index is 0.217. The first-order chi connectivity index (χ1) is 13.8. The third-order valence-corrected chi connectivity index (χ3v) is 6.60. The molecule has 3 rings (SSSR count). The van der Waals surface area contributed by atoms with Crippen LogP contribution in [0.15, 0.2) is 17.5 Å². The Labute approximate surface area is 183 Å². The molecule has 1 saturated heterocycles. The molecule has 2 N–H and O–H groups in total. The molecule has 1 aromatic carbocycles. The Morgan fingerprint density at radius 3 is 2.17 bits per heavy atom. The van der Waals surface area contributed by atoms with E-state index in [1.165, 1.54) is 16.2 Å². The second kappa shape index (κ2) is 7.85. The fourth-order valence-electron chi connectivity index (χ4n) is 3.86. The number of carbonyl (C=O) groups is 1. The van der Waals surface area contributed by atoms with Crippen molar-refractivity contribution in [3.05, 3.63) is 33.6 Å². The number of likely N-dealkylation sites (N-methyl/N-ethyl adjacent to an activating group) is 1. The Bertz CT molecular complexity index is 905. The van der Waals surface area contributed by atoms with E-state index in [1.807, 2.05) is 24.6 Å². The van der Waals surface area contributed by atoms with E-state index in [1.54, 1.807) is 0 Å².